The molecule has 4 rings (SSSR count). The van der Waals surface area contributed by atoms with Gasteiger partial charge in [-0.15, -0.1) is 0 Å². The highest BCUT2D eigenvalue weighted by Gasteiger charge is 2.28. The van der Waals surface area contributed by atoms with Gasteiger partial charge in [-0.05, 0) is 41.8 Å². The number of aromatic nitrogens is 1. The molecule has 0 aliphatic rings. The molecule has 37 heavy (non-hydrogen) atoms. The third-order valence-electron chi connectivity index (χ3n) is 6.06. The van der Waals surface area contributed by atoms with Crippen LogP contribution in [0.5, 0.6) is 0 Å². The summed E-state index contributed by atoms with van der Waals surface area (Å²) in [5, 5.41) is 15.3. The summed E-state index contributed by atoms with van der Waals surface area (Å²) in [5.74, 6) is -1.44. The molecule has 1 heterocycles. The number of benzene rings is 2. The maximum Gasteiger partial charge on any atom is 0.326 e. The van der Waals surface area contributed by atoms with Gasteiger partial charge in [0.05, 0.1) is 0 Å². The fourth-order valence-corrected chi connectivity index (χ4v) is 3.97. The van der Waals surface area contributed by atoms with Gasteiger partial charge >= 0.3 is 5.97 Å². The maximum atomic E-state index is 12.3. The molecule has 9 heteroatoms. The highest BCUT2D eigenvalue weighted by Crippen LogP contribution is 2.22. The van der Waals surface area contributed by atoms with E-state index in [2.05, 4.69) is 15.6 Å². The first-order chi connectivity index (χ1) is 17.8. The molecule has 4 aromatic rings. The molecule has 0 aliphatic heterocycles. The minimum absolute atomic E-state index is 0.0224. The fraction of sp³-hybridized carbons (Fsp3) is 0.179. The van der Waals surface area contributed by atoms with Crippen LogP contribution in [-0.4, -0.2) is 41.6 Å². The van der Waals surface area contributed by atoms with Gasteiger partial charge in [0, 0.05) is 43.7 Å². The molecule has 0 bridgehead atoms. The lowest BCUT2D eigenvalue weighted by Gasteiger charge is -2.25. The van der Waals surface area contributed by atoms with Crippen LogP contribution < -0.4 is 26.4 Å². The number of carboxylic acid groups (broad SMARTS) is 1. The second kappa shape index (κ2) is 11.3. The van der Waals surface area contributed by atoms with Gasteiger partial charge in [0.15, 0.2) is 0 Å². The average Bonchev–Trinajstić information content (AvgIpc) is 2.92. The van der Waals surface area contributed by atoms with Crippen LogP contribution in [0.3, 0.4) is 0 Å². The molecule has 9 nitrogen and oxygen atoms in total. The summed E-state index contributed by atoms with van der Waals surface area (Å²) in [7, 11) is 1.71. The lowest BCUT2D eigenvalue weighted by atomic mass is 10.0. The zero-order valence-corrected chi connectivity index (χ0v) is 20.2. The van der Waals surface area contributed by atoms with E-state index in [0.29, 0.717) is 29.8 Å². The van der Waals surface area contributed by atoms with Gasteiger partial charge in [-0.3, -0.25) is 19.4 Å². The fourth-order valence-electron chi connectivity index (χ4n) is 3.97. The van der Waals surface area contributed by atoms with Gasteiger partial charge in [-0.1, -0.05) is 42.5 Å². The van der Waals surface area contributed by atoms with Crippen molar-refractivity contribution >= 4 is 28.9 Å². The number of carboxylic acids is 1. The quantitative estimate of drug-likeness (QED) is 0.269. The average molecular weight is 499 g/mol. The van der Waals surface area contributed by atoms with E-state index >= 15 is 0 Å². The Labute approximate surface area is 213 Å². The highest BCUT2D eigenvalue weighted by molar-refractivity contribution is 6.04. The molecule has 3 aromatic carbocycles. The van der Waals surface area contributed by atoms with Crippen LogP contribution in [0.25, 0.3) is 0 Å². The standard InChI is InChI=1S/C28H26N4O5/c1-32(16-13-18-5-3-2-4-6-18)24-23(25(33)26(24)34)31-22(28(36)37)17-19-7-9-21(10-8-19)30-27(35)20-11-14-29-15-12-20/h2-12,14-15,22,31H,13,16-17H2,1H3,(H,30,35)(H,36,37). The first-order valence-electron chi connectivity index (χ1n) is 11.7. The number of likely N-dealkylation sites (N-methyl/N-ethyl adjacent to an activating group) is 1. The van der Waals surface area contributed by atoms with E-state index in [-0.39, 0.29) is 23.7 Å². The zero-order valence-electron chi connectivity index (χ0n) is 20.2. The Hall–Kier alpha value is -4.79. The molecular weight excluding hydrogens is 472 g/mol. The highest BCUT2D eigenvalue weighted by atomic mass is 16.4. The van der Waals surface area contributed by atoms with Crippen molar-refractivity contribution in [3.63, 3.8) is 0 Å². The van der Waals surface area contributed by atoms with Crippen LogP contribution in [0.15, 0.2) is 88.7 Å². The number of hydrogen-bond donors (Lipinski definition) is 3. The Morgan fingerprint density at radius 1 is 0.919 bits per heavy atom. The number of carbonyl (C=O) groups excluding carboxylic acids is 1. The van der Waals surface area contributed by atoms with Gasteiger partial charge in [0.25, 0.3) is 16.8 Å². The van der Waals surface area contributed by atoms with Crippen LogP contribution in [0.4, 0.5) is 17.1 Å². The topological polar surface area (TPSA) is 129 Å². The second-order valence-electron chi connectivity index (χ2n) is 8.67. The molecule has 0 aliphatic carbocycles. The third-order valence-corrected chi connectivity index (χ3v) is 6.06. The number of anilines is 3. The molecule has 1 atom stereocenters. The van der Waals surface area contributed by atoms with Crippen LogP contribution in [0.1, 0.15) is 21.5 Å². The lowest BCUT2D eigenvalue weighted by Crippen LogP contribution is -2.45. The molecule has 0 saturated carbocycles. The molecule has 1 amide bonds. The Balaban J connectivity index is 1.41. The van der Waals surface area contributed by atoms with Gasteiger partial charge in [0.1, 0.15) is 17.4 Å². The molecule has 3 N–H and O–H groups in total. The summed E-state index contributed by atoms with van der Waals surface area (Å²) in [6, 6.07) is 18.6. The van der Waals surface area contributed by atoms with Crippen molar-refractivity contribution in [2.75, 3.05) is 29.1 Å². The maximum absolute atomic E-state index is 12.3. The first kappa shape index (κ1) is 25.3. The zero-order chi connectivity index (χ0) is 26.4. The Morgan fingerprint density at radius 2 is 1.59 bits per heavy atom. The van der Waals surface area contributed by atoms with Gasteiger partial charge < -0.3 is 20.6 Å². The van der Waals surface area contributed by atoms with Gasteiger partial charge in [-0.25, -0.2) is 4.79 Å². The molecule has 0 radical (unpaired) electrons. The van der Waals surface area contributed by atoms with Crippen LogP contribution in [0.2, 0.25) is 0 Å². The summed E-state index contributed by atoms with van der Waals surface area (Å²) >= 11 is 0. The Kier molecular flexibility index (Phi) is 7.73. The van der Waals surface area contributed by atoms with E-state index in [4.69, 9.17) is 0 Å². The summed E-state index contributed by atoms with van der Waals surface area (Å²) in [4.78, 5) is 54.4. The number of hydrogen-bond acceptors (Lipinski definition) is 7. The first-order valence-corrected chi connectivity index (χ1v) is 11.7. The number of carbonyl (C=O) groups is 2. The molecule has 0 saturated heterocycles. The predicted molar refractivity (Wildman–Crippen MR) is 142 cm³/mol. The van der Waals surface area contributed by atoms with Crippen LogP contribution in [0, 0.1) is 0 Å². The Bertz CT molecular complexity index is 1450. The van der Waals surface area contributed by atoms with Crippen molar-refractivity contribution in [2.24, 2.45) is 0 Å². The molecule has 0 spiro atoms. The van der Waals surface area contributed by atoms with Crippen molar-refractivity contribution in [1.82, 2.24) is 4.98 Å². The summed E-state index contributed by atoms with van der Waals surface area (Å²) in [6.07, 6.45) is 3.79. The summed E-state index contributed by atoms with van der Waals surface area (Å²) in [6.45, 7) is 0.494. The third kappa shape index (κ3) is 6.07. The SMILES string of the molecule is CN(CCc1ccccc1)c1c(NC(Cc2ccc(NC(=O)c3ccncc3)cc2)C(=O)O)c(=O)c1=O. The number of aliphatic carboxylic acids is 1. The number of rotatable bonds is 11. The van der Waals surface area contributed by atoms with Crippen molar-refractivity contribution in [3.8, 4) is 0 Å². The summed E-state index contributed by atoms with van der Waals surface area (Å²) in [5.41, 5.74) is 1.65. The van der Waals surface area contributed by atoms with Crippen molar-refractivity contribution in [1.29, 1.82) is 0 Å². The van der Waals surface area contributed by atoms with Crippen LogP contribution in [-0.2, 0) is 17.6 Å². The van der Waals surface area contributed by atoms with Crippen molar-refractivity contribution in [2.45, 2.75) is 18.9 Å². The normalized spacial score (nSPS) is 11.6. The van der Waals surface area contributed by atoms with Crippen molar-refractivity contribution < 1.29 is 14.7 Å². The van der Waals surface area contributed by atoms with E-state index < -0.39 is 22.9 Å². The molecule has 1 aromatic heterocycles. The van der Waals surface area contributed by atoms with Gasteiger partial charge in [-0.2, -0.15) is 0 Å². The molecule has 0 fully saturated rings. The number of nitrogens with one attached hydrogen (secondary N) is 2. The predicted octanol–water partition coefficient (Wildman–Crippen LogP) is 2.72. The number of pyridine rings is 1. The lowest BCUT2D eigenvalue weighted by molar-refractivity contribution is -0.137. The Morgan fingerprint density at radius 3 is 2.24 bits per heavy atom. The summed E-state index contributed by atoms with van der Waals surface area (Å²) < 4.78 is 0. The molecule has 188 valence electrons. The van der Waals surface area contributed by atoms with E-state index in [1.165, 1.54) is 12.4 Å². The minimum Gasteiger partial charge on any atom is -0.480 e. The minimum atomic E-state index is -1.15. The molecular formula is C28H26N4O5. The van der Waals surface area contributed by atoms with E-state index in [1.54, 1.807) is 48.3 Å². The van der Waals surface area contributed by atoms with Gasteiger partial charge in [0.2, 0.25) is 0 Å². The number of nitrogens with zero attached hydrogens (tertiary/aromatic N) is 2. The second-order valence-corrected chi connectivity index (χ2v) is 8.67. The van der Waals surface area contributed by atoms with Crippen LogP contribution >= 0.6 is 0 Å². The smallest absolute Gasteiger partial charge is 0.326 e. The van der Waals surface area contributed by atoms with Crippen molar-refractivity contribution in [3.05, 3.63) is 116 Å². The largest absolute Gasteiger partial charge is 0.480 e. The van der Waals surface area contributed by atoms with E-state index in [1.807, 2.05) is 30.3 Å². The molecule has 1 unspecified atom stereocenters. The monoisotopic (exact) mass is 498 g/mol. The number of amides is 1. The van der Waals surface area contributed by atoms with E-state index in [9.17, 15) is 24.3 Å². The van der Waals surface area contributed by atoms with E-state index in [0.717, 1.165) is 5.56 Å².